The van der Waals surface area contributed by atoms with Crippen LogP contribution in [0.15, 0.2) is 42.6 Å². The highest BCUT2D eigenvalue weighted by molar-refractivity contribution is 5.47. The minimum absolute atomic E-state index is 0.113. The topological polar surface area (TPSA) is 57.9 Å². The zero-order valence-electron chi connectivity index (χ0n) is 9.63. The van der Waals surface area contributed by atoms with Gasteiger partial charge in [0.2, 0.25) is 0 Å². The second kappa shape index (κ2) is 4.38. The molecule has 0 bridgehead atoms. The van der Waals surface area contributed by atoms with Gasteiger partial charge in [-0.3, -0.25) is 0 Å². The molecule has 1 aromatic heterocycles. The summed E-state index contributed by atoms with van der Waals surface area (Å²) in [6.45, 7) is 0.598. The molecule has 1 aliphatic rings. The Morgan fingerprint density at radius 1 is 1.28 bits per heavy atom. The molecule has 1 N–H and O–H groups in total. The van der Waals surface area contributed by atoms with E-state index in [0.717, 1.165) is 17.1 Å². The number of nitrogens with one attached hydrogen (secondary N) is 1. The van der Waals surface area contributed by atoms with Gasteiger partial charge in [0.15, 0.2) is 0 Å². The molecular formula is C14H11N3O. The lowest BCUT2D eigenvalue weighted by Gasteiger charge is -2.11. The predicted octanol–water partition coefficient (Wildman–Crippen LogP) is 2.50. The number of hydrogen-bond donors (Lipinski definition) is 1. The van der Waals surface area contributed by atoms with Crippen LogP contribution in [0.25, 0.3) is 0 Å². The van der Waals surface area contributed by atoms with Gasteiger partial charge in [-0.15, -0.1) is 0 Å². The van der Waals surface area contributed by atoms with Gasteiger partial charge in [-0.25, -0.2) is 4.98 Å². The molecule has 0 spiro atoms. The lowest BCUT2D eigenvalue weighted by Crippen LogP contribution is -2.12. The highest BCUT2D eigenvalue weighted by Gasteiger charge is 2.23. The van der Waals surface area contributed by atoms with Crippen LogP contribution in [0.2, 0.25) is 0 Å². The maximum atomic E-state index is 8.71. The molecule has 3 rings (SSSR count). The Morgan fingerprint density at radius 2 is 2.17 bits per heavy atom. The summed E-state index contributed by atoms with van der Waals surface area (Å²) in [5.74, 6) is 1.67. The average Bonchev–Trinajstić information content (AvgIpc) is 2.83. The molecule has 0 amide bonds. The third kappa shape index (κ3) is 1.87. The Balaban J connectivity index is 1.80. The third-order valence-electron chi connectivity index (χ3n) is 2.91. The van der Waals surface area contributed by atoms with Crippen LogP contribution in [0, 0.1) is 11.3 Å². The van der Waals surface area contributed by atoms with Crippen molar-refractivity contribution >= 4 is 5.82 Å². The number of fused-ring (bicyclic) bond motifs is 1. The Hall–Kier alpha value is -2.54. The van der Waals surface area contributed by atoms with Gasteiger partial charge in [0.1, 0.15) is 24.2 Å². The monoisotopic (exact) mass is 237 g/mol. The molecule has 2 aromatic rings. The van der Waals surface area contributed by atoms with Crippen LogP contribution in [-0.4, -0.2) is 11.6 Å². The minimum Gasteiger partial charge on any atom is -0.491 e. The molecule has 1 aromatic carbocycles. The van der Waals surface area contributed by atoms with E-state index in [1.54, 1.807) is 18.3 Å². The molecule has 2 heterocycles. The van der Waals surface area contributed by atoms with Crippen LogP contribution < -0.4 is 10.1 Å². The van der Waals surface area contributed by atoms with Crippen molar-refractivity contribution in [1.29, 1.82) is 5.26 Å². The van der Waals surface area contributed by atoms with Crippen molar-refractivity contribution in [3.63, 3.8) is 0 Å². The molecule has 4 heteroatoms. The van der Waals surface area contributed by atoms with Crippen LogP contribution in [0.5, 0.6) is 5.75 Å². The summed E-state index contributed by atoms with van der Waals surface area (Å²) >= 11 is 0. The summed E-state index contributed by atoms with van der Waals surface area (Å²) in [5.41, 5.74) is 1.70. The van der Waals surface area contributed by atoms with Gasteiger partial charge < -0.3 is 10.1 Å². The zero-order valence-corrected chi connectivity index (χ0v) is 9.63. The molecule has 1 aliphatic heterocycles. The van der Waals surface area contributed by atoms with E-state index < -0.39 is 0 Å². The molecule has 0 fully saturated rings. The first kappa shape index (κ1) is 10.6. The first-order valence-electron chi connectivity index (χ1n) is 5.71. The van der Waals surface area contributed by atoms with Crippen LogP contribution in [-0.2, 0) is 0 Å². The second-order valence-electron chi connectivity index (χ2n) is 4.09. The summed E-state index contributed by atoms with van der Waals surface area (Å²) in [5, 5.41) is 12.0. The summed E-state index contributed by atoms with van der Waals surface area (Å²) in [6.07, 6.45) is 1.56. The van der Waals surface area contributed by atoms with Crippen molar-refractivity contribution < 1.29 is 4.74 Å². The number of benzene rings is 1. The highest BCUT2D eigenvalue weighted by Crippen LogP contribution is 2.33. The van der Waals surface area contributed by atoms with Crippen molar-refractivity contribution in [2.45, 2.75) is 6.04 Å². The minimum atomic E-state index is 0.113. The number of ether oxygens (including phenoxy) is 1. The van der Waals surface area contributed by atoms with E-state index in [4.69, 9.17) is 10.00 Å². The standard InChI is InChI=1S/C14H11N3O/c15-7-10-5-6-14(16-8-10)17-12-9-18-13-4-2-1-3-11(12)13/h1-6,8,12H,9H2,(H,16,17). The quantitative estimate of drug-likeness (QED) is 0.871. The molecule has 1 atom stereocenters. The fourth-order valence-corrected chi connectivity index (χ4v) is 2.01. The van der Waals surface area contributed by atoms with Crippen molar-refractivity contribution in [2.24, 2.45) is 0 Å². The third-order valence-corrected chi connectivity index (χ3v) is 2.91. The fourth-order valence-electron chi connectivity index (χ4n) is 2.01. The number of aromatic nitrogens is 1. The fraction of sp³-hybridized carbons (Fsp3) is 0.143. The summed E-state index contributed by atoms with van der Waals surface area (Å²) < 4.78 is 5.59. The molecule has 0 saturated carbocycles. The number of anilines is 1. The maximum absolute atomic E-state index is 8.71. The Bertz CT molecular complexity index is 601. The van der Waals surface area contributed by atoms with Gasteiger partial charge in [-0.1, -0.05) is 18.2 Å². The molecule has 0 radical (unpaired) electrons. The Kier molecular flexibility index (Phi) is 2.58. The maximum Gasteiger partial charge on any atom is 0.126 e. The number of pyridine rings is 1. The summed E-state index contributed by atoms with van der Waals surface area (Å²) in [4.78, 5) is 4.20. The molecule has 0 saturated heterocycles. The number of nitrogens with zero attached hydrogens (tertiary/aromatic N) is 2. The van der Waals surface area contributed by atoms with Crippen molar-refractivity contribution in [3.05, 3.63) is 53.7 Å². The second-order valence-corrected chi connectivity index (χ2v) is 4.09. The highest BCUT2D eigenvalue weighted by atomic mass is 16.5. The van der Waals surface area contributed by atoms with Crippen molar-refractivity contribution in [2.75, 3.05) is 11.9 Å². The predicted molar refractivity (Wildman–Crippen MR) is 67.3 cm³/mol. The van der Waals surface area contributed by atoms with Gasteiger partial charge in [0, 0.05) is 11.8 Å². The molecule has 0 aliphatic carbocycles. The molecule has 88 valence electrons. The largest absolute Gasteiger partial charge is 0.491 e. The van der Waals surface area contributed by atoms with E-state index in [-0.39, 0.29) is 6.04 Å². The number of rotatable bonds is 2. The number of hydrogen-bond acceptors (Lipinski definition) is 4. The lowest BCUT2D eigenvalue weighted by atomic mass is 10.1. The van der Waals surface area contributed by atoms with E-state index in [9.17, 15) is 0 Å². The average molecular weight is 237 g/mol. The number of para-hydroxylation sites is 1. The van der Waals surface area contributed by atoms with Crippen LogP contribution in [0.1, 0.15) is 17.2 Å². The van der Waals surface area contributed by atoms with Gasteiger partial charge in [0.05, 0.1) is 11.6 Å². The molecule has 1 unspecified atom stereocenters. The smallest absolute Gasteiger partial charge is 0.126 e. The lowest BCUT2D eigenvalue weighted by molar-refractivity contribution is 0.339. The van der Waals surface area contributed by atoms with E-state index in [0.29, 0.717) is 12.2 Å². The first-order chi connectivity index (χ1) is 8.86. The van der Waals surface area contributed by atoms with Gasteiger partial charge in [0.25, 0.3) is 0 Å². The van der Waals surface area contributed by atoms with Gasteiger partial charge in [-0.05, 0) is 18.2 Å². The van der Waals surface area contributed by atoms with Crippen molar-refractivity contribution in [3.8, 4) is 11.8 Å². The SMILES string of the molecule is N#Cc1ccc(NC2COc3ccccc32)nc1. The number of nitriles is 1. The molecule has 4 nitrogen and oxygen atoms in total. The Labute approximate surface area is 105 Å². The van der Waals surface area contributed by atoms with E-state index in [1.165, 1.54) is 0 Å². The first-order valence-corrected chi connectivity index (χ1v) is 5.71. The van der Waals surface area contributed by atoms with Gasteiger partial charge >= 0.3 is 0 Å². The summed E-state index contributed by atoms with van der Waals surface area (Å²) in [6, 6.07) is 13.7. The van der Waals surface area contributed by atoms with Crippen LogP contribution in [0.3, 0.4) is 0 Å². The molecule has 18 heavy (non-hydrogen) atoms. The van der Waals surface area contributed by atoms with Crippen molar-refractivity contribution in [1.82, 2.24) is 4.98 Å². The molecular weight excluding hydrogens is 226 g/mol. The van der Waals surface area contributed by atoms with Crippen LogP contribution >= 0.6 is 0 Å². The van der Waals surface area contributed by atoms with Crippen LogP contribution in [0.4, 0.5) is 5.82 Å². The van der Waals surface area contributed by atoms with Gasteiger partial charge in [-0.2, -0.15) is 5.26 Å². The normalized spacial score (nSPS) is 16.5. The van der Waals surface area contributed by atoms with E-state index >= 15 is 0 Å². The Morgan fingerprint density at radius 3 is 2.94 bits per heavy atom. The summed E-state index contributed by atoms with van der Waals surface area (Å²) in [7, 11) is 0. The van der Waals surface area contributed by atoms with E-state index in [1.807, 2.05) is 30.3 Å². The van der Waals surface area contributed by atoms with E-state index in [2.05, 4.69) is 10.3 Å². The zero-order chi connectivity index (χ0) is 12.4.